The van der Waals surface area contributed by atoms with Gasteiger partial charge in [-0.25, -0.2) is 0 Å². The summed E-state index contributed by atoms with van der Waals surface area (Å²) >= 11 is -0.210. The van der Waals surface area contributed by atoms with Crippen molar-refractivity contribution in [2.75, 3.05) is 35.1 Å². The lowest BCUT2D eigenvalue weighted by atomic mass is 9.93. The van der Waals surface area contributed by atoms with Crippen LogP contribution in [0, 0.1) is 5.92 Å². The number of para-hydroxylation sites is 2. The molecule has 0 spiro atoms. The minimum Gasteiger partial charge on any atom is -0.339 e. The van der Waals surface area contributed by atoms with Crippen LogP contribution in [0.5, 0.6) is 0 Å². The van der Waals surface area contributed by atoms with Crippen LogP contribution in [-0.4, -0.2) is 41.6 Å². The van der Waals surface area contributed by atoms with Crippen LogP contribution < -0.4 is 13.7 Å². The van der Waals surface area contributed by atoms with Crippen molar-refractivity contribution in [3.05, 3.63) is 54.1 Å². The molecular formula is C22H27IN4O. The predicted octanol–water partition coefficient (Wildman–Crippen LogP) is 4.36. The Morgan fingerprint density at radius 2 is 1.89 bits per heavy atom. The normalized spacial score (nSPS) is 16.9. The summed E-state index contributed by atoms with van der Waals surface area (Å²) < 4.78 is 5.74. The number of piperidine rings is 1. The SMILES string of the molecule is CNCCC1CCN(C(=O)c2ccc(N3C=INc4ccccc43)cc2)CC1. The van der Waals surface area contributed by atoms with E-state index in [4.69, 9.17) is 0 Å². The van der Waals surface area contributed by atoms with Crippen molar-refractivity contribution in [1.29, 1.82) is 0 Å². The molecule has 2 N–H and O–H groups in total. The zero-order valence-corrected chi connectivity index (χ0v) is 18.4. The van der Waals surface area contributed by atoms with Gasteiger partial charge >= 0.3 is 0 Å². The number of halogens is 1. The number of nitrogens with zero attached hydrogens (tertiary/aromatic N) is 2. The molecule has 2 aliphatic rings. The molecule has 0 unspecified atom stereocenters. The Bertz CT molecular complexity index is 844. The topological polar surface area (TPSA) is 47.6 Å². The van der Waals surface area contributed by atoms with Gasteiger partial charge in [-0.3, -0.25) is 4.79 Å². The average Bonchev–Trinajstić information content (AvgIpc) is 2.77. The van der Waals surface area contributed by atoms with E-state index in [1.54, 1.807) is 0 Å². The summed E-state index contributed by atoms with van der Waals surface area (Å²) in [6.07, 6.45) is 3.43. The molecule has 1 saturated heterocycles. The number of amides is 1. The number of hydrogen-bond acceptors (Lipinski definition) is 4. The van der Waals surface area contributed by atoms with Crippen LogP contribution >= 0.6 is 21.0 Å². The van der Waals surface area contributed by atoms with Gasteiger partial charge in [-0.05, 0) is 75.2 Å². The largest absolute Gasteiger partial charge is 0.339 e. The third kappa shape index (κ3) is 4.22. The molecule has 0 atom stereocenters. The zero-order chi connectivity index (χ0) is 19.3. The molecule has 0 aliphatic carbocycles. The van der Waals surface area contributed by atoms with Crippen molar-refractivity contribution in [2.24, 2.45) is 5.92 Å². The van der Waals surface area contributed by atoms with E-state index >= 15 is 0 Å². The highest BCUT2D eigenvalue weighted by molar-refractivity contribution is 14.2. The highest BCUT2D eigenvalue weighted by Crippen LogP contribution is 2.36. The Balaban J connectivity index is 1.42. The van der Waals surface area contributed by atoms with E-state index in [1.165, 1.54) is 12.1 Å². The minimum absolute atomic E-state index is 0.163. The molecule has 0 radical (unpaired) electrons. The van der Waals surface area contributed by atoms with Crippen molar-refractivity contribution in [3.8, 4) is 0 Å². The van der Waals surface area contributed by atoms with Gasteiger partial charge in [0.1, 0.15) is 0 Å². The maximum atomic E-state index is 12.9. The summed E-state index contributed by atoms with van der Waals surface area (Å²) in [5.41, 5.74) is 4.24. The fourth-order valence-corrected chi connectivity index (χ4v) is 5.70. The van der Waals surface area contributed by atoms with Gasteiger partial charge in [0.2, 0.25) is 0 Å². The van der Waals surface area contributed by atoms with Gasteiger partial charge in [0.15, 0.2) is 0 Å². The number of carbonyl (C=O) groups is 1. The Morgan fingerprint density at radius 1 is 1.14 bits per heavy atom. The molecule has 0 saturated carbocycles. The van der Waals surface area contributed by atoms with E-state index in [0.29, 0.717) is 0 Å². The zero-order valence-electron chi connectivity index (χ0n) is 16.2. The van der Waals surface area contributed by atoms with Gasteiger partial charge < -0.3 is 18.6 Å². The molecule has 2 aromatic carbocycles. The molecule has 6 heteroatoms. The second-order valence-corrected chi connectivity index (χ2v) is 9.08. The number of benzene rings is 2. The molecule has 0 bridgehead atoms. The van der Waals surface area contributed by atoms with E-state index in [0.717, 1.165) is 55.3 Å². The summed E-state index contributed by atoms with van der Waals surface area (Å²) in [7, 11) is 2.00. The molecule has 2 aliphatic heterocycles. The monoisotopic (exact) mass is 490 g/mol. The Labute approximate surface area is 177 Å². The van der Waals surface area contributed by atoms with Crippen LogP contribution in [0.2, 0.25) is 0 Å². The van der Waals surface area contributed by atoms with Crippen LogP contribution in [0.1, 0.15) is 29.6 Å². The first-order valence-electron chi connectivity index (χ1n) is 9.90. The third-order valence-corrected chi connectivity index (χ3v) is 7.29. The highest BCUT2D eigenvalue weighted by Gasteiger charge is 2.23. The molecule has 2 heterocycles. The Kier molecular flexibility index (Phi) is 6.26. The van der Waals surface area contributed by atoms with Crippen LogP contribution in [0.15, 0.2) is 48.5 Å². The fraction of sp³-hybridized carbons (Fsp3) is 0.364. The predicted molar refractivity (Wildman–Crippen MR) is 126 cm³/mol. The number of anilines is 3. The maximum Gasteiger partial charge on any atom is 0.253 e. The van der Waals surface area contributed by atoms with Gasteiger partial charge in [0.25, 0.3) is 5.91 Å². The Hall–Kier alpha value is -1.93. The van der Waals surface area contributed by atoms with Crippen molar-refractivity contribution in [1.82, 2.24) is 10.2 Å². The van der Waals surface area contributed by atoms with E-state index in [1.807, 2.05) is 24.1 Å². The van der Waals surface area contributed by atoms with Gasteiger partial charge in [0.05, 0.1) is 15.5 Å². The number of carbonyl (C=O) groups excluding carboxylic acids is 1. The van der Waals surface area contributed by atoms with Crippen molar-refractivity contribution >= 4 is 48.1 Å². The Morgan fingerprint density at radius 3 is 2.64 bits per heavy atom. The standard InChI is InChI=1S/C22H27IN4O/c1-24-13-10-17-11-14-26(15-12-17)22(28)18-6-8-19(9-7-18)27-16-23-25-20-4-2-3-5-21(20)27/h2-9,16-17,24-25H,10-15H2,1H3. The molecule has 4 rings (SSSR count). The number of nitrogens with one attached hydrogen (secondary N) is 2. The lowest BCUT2D eigenvalue weighted by Gasteiger charge is -2.32. The fourth-order valence-electron chi connectivity index (χ4n) is 3.86. The second kappa shape index (κ2) is 9.05. The second-order valence-electron chi connectivity index (χ2n) is 7.36. The van der Waals surface area contributed by atoms with Crippen LogP contribution in [0.4, 0.5) is 17.1 Å². The summed E-state index contributed by atoms with van der Waals surface area (Å²) in [5.74, 6) is 0.904. The molecule has 1 fully saturated rings. The molecule has 148 valence electrons. The van der Waals surface area contributed by atoms with E-state index < -0.39 is 0 Å². The summed E-state index contributed by atoms with van der Waals surface area (Å²) in [4.78, 5) is 17.1. The van der Waals surface area contributed by atoms with Crippen LogP contribution in [0.25, 0.3) is 0 Å². The quantitative estimate of drug-likeness (QED) is 0.483. The molecule has 5 nitrogen and oxygen atoms in total. The van der Waals surface area contributed by atoms with Gasteiger partial charge in [-0.1, -0.05) is 12.1 Å². The van der Waals surface area contributed by atoms with Gasteiger partial charge in [0, 0.05) is 45.3 Å². The first kappa shape index (κ1) is 19.4. The van der Waals surface area contributed by atoms with Crippen molar-refractivity contribution < 1.29 is 4.79 Å². The average molecular weight is 490 g/mol. The summed E-state index contributed by atoms with van der Waals surface area (Å²) in [6.45, 7) is 2.81. The lowest BCUT2D eigenvalue weighted by molar-refractivity contribution is 0.0687. The molecule has 2 aromatic rings. The van der Waals surface area contributed by atoms with E-state index in [9.17, 15) is 4.79 Å². The van der Waals surface area contributed by atoms with E-state index in [-0.39, 0.29) is 26.9 Å². The summed E-state index contributed by atoms with van der Waals surface area (Å²) in [5, 5.41) is 3.22. The first-order chi connectivity index (χ1) is 13.8. The van der Waals surface area contributed by atoms with Gasteiger partial charge in [-0.15, -0.1) is 0 Å². The number of fused-ring (bicyclic) bond motifs is 1. The maximum absolute atomic E-state index is 12.9. The molecule has 28 heavy (non-hydrogen) atoms. The lowest BCUT2D eigenvalue weighted by Crippen LogP contribution is -2.39. The highest BCUT2D eigenvalue weighted by atomic mass is 127. The number of rotatable bonds is 5. The number of hydrogen-bond donors (Lipinski definition) is 2. The first-order valence-corrected chi connectivity index (χ1v) is 12.2. The molecule has 0 aromatic heterocycles. The van der Waals surface area contributed by atoms with E-state index in [2.05, 4.69) is 54.3 Å². The summed E-state index contributed by atoms with van der Waals surface area (Å²) in [6, 6.07) is 16.4. The minimum atomic E-state index is -0.210. The molecular weight excluding hydrogens is 463 g/mol. The van der Waals surface area contributed by atoms with Crippen molar-refractivity contribution in [2.45, 2.75) is 19.3 Å². The molecule has 1 amide bonds. The third-order valence-electron chi connectivity index (χ3n) is 5.56. The van der Waals surface area contributed by atoms with Gasteiger partial charge in [-0.2, -0.15) is 0 Å². The van der Waals surface area contributed by atoms with Crippen LogP contribution in [0.3, 0.4) is 0 Å². The van der Waals surface area contributed by atoms with Crippen LogP contribution in [-0.2, 0) is 0 Å². The van der Waals surface area contributed by atoms with Crippen molar-refractivity contribution in [3.63, 3.8) is 0 Å². The number of likely N-dealkylation sites (tertiary alicyclic amines) is 1. The smallest absolute Gasteiger partial charge is 0.253 e.